The van der Waals surface area contributed by atoms with Gasteiger partial charge < -0.3 is 15.0 Å². The first-order chi connectivity index (χ1) is 22.0. The molecule has 1 atom stereocenters. The molecule has 0 saturated carbocycles. The van der Waals surface area contributed by atoms with Crippen molar-refractivity contribution in [3.63, 3.8) is 0 Å². The van der Waals surface area contributed by atoms with Crippen LogP contribution in [0.4, 0.5) is 0 Å². The fourth-order valence-corrected chi connectivity index (χ4v) is 5.94. The van der Waals surface area contributed by atoms with Gasteiger partial charge in [0.1, 0.15) is 11.5 Å². The fourth-order valence-electron chi connectivity index (χ4n) is 5.68. The van der Waals surface area contributed by atoms with Crippen LogP contribution in [0.1, 0.15) is 87.9 Å². The van der Waals surface area contributed by atoms with Gasteiger partial charge in [-0.05, 0) is 96.4 Å². The lowest BCUT2D eigenvalue weighted by Gasteiger charge is -2.29. The third-order valence-electron chi connectivity index (χ3n) is 8.29. The average molecular weight is 676 g/mol. The van der Waals surface area contributed by atoms with Gasteiger partial charge in [0.2, 0.25) is 0 Å². The molecular formula is C38H51BrN4O2. The molecule has 1 aliphatic rings. The number of hydroxylamine groups is 4. The summed E-state index contributed by atoms with van der Waals surface area (Å²) in [6.45, 7) is 7.45. The van der Waals surface area contributed by atoms with E-state index in [2.05, 4.69) is 95.7 Å². The van der Waals surface area contributed by atoms with Gasteiger partial charge in [0.15, 0.2) is 0 Å². The van der Waals surface area contributed by atoms with E-state index in [1.807, 2.05) is 41.6 Å². The predicted molar refractivity (Wildman–Crippen MR) is 190 cm³/mol. The molecule has 0 saturated heterocycles. The van der Waals surface area contributed by atoms with E-state index >= 15 is 0 Å². The monoisotopic (exact) mass is 674 g/mol. The van der Waals surface area contributed by atoms with Crippen LogP contribution in [0.15, 0.2) is 83.6 Å². The van der Waals surface area contributed by atoms with E-state index < -0.39 is 0 Å². The smallest absolute Gasteiger partial charge is 0.148 e. The normalized spacial score (nSPS) is 13.3. The second-order valence-electron chi connectivity index (χ2n) is 11.9. The first-order valence-electron chi connectivity index (χ1n) is 16.7. The Labute approximate surface area is 279 Å². The van der Waals surface area contributed by atoms with Crippen LogP contribution < -0.4 is 15.0 Å². The zero-order chi connectivity index (χ0) is 31.9. The van der Waals surface area contributed by atoms with Gasteiger partial charge in [0, 0.05) is 49.4 Å². The number of nitrogens with one attached hydrogen (secondary N) is 1. The molecule has 3 aromatic carbocycles. The molecule has 1 aliphatic heterocycles. The van der Waals surface area contributed by atoms with E-state index in [0.29, 0.717) is 0 Å². The molecule has 0 amide bonds. The summed E-state index contributed by atoms with van der Waals surface area (Å²) in [5.74, 6) is 1.82. The van der Waals surface area contributed by atoms with E-state index in [0.717, 1.165) is 59.2 Å². The second-order valence-corrected chi connectivity index (χ2v) is 12.9. The zero-order valence-electron chi connectivity index (χ0n) is 27.6. The third-order valence-corrected chi connectivity index (χ3v) is 8.82. The highest BCUT2D eigenvalue weighted by atomic mass is 79.9. The SMILES string of the molecule is CCCCCC(c1ccc(Br)cc1)N(C)Oc1ccc2c(c1)CCNC2.CCCCCCN(C)Oc1ccc2cnccc2c1. The Kier molecular flexibility index (Phi) is 14.6. The number of hydrogen-bond donors (Lipinski definition) is 1. The van der Waals surface area contributed by atoms with Gasteiger partial charge in [-0.2, -0.15) is 0 Å². The van der Waals surface area contributed by atoms with E-state index in [-0.39, 0.29) is 6.04 Å². The molecule has 1 unspecified atom stereocenters. The molecule has 2 heterocycles. The van der Waals surface area contributed by atoms with Gasteiger partial charge in [-0.15, -0.1) is 10.1 Å². The highest BCUT2D eigenvalue weighted by molar-refractivity contribution is 9.10. The minimum absolute atomic E-state index is 0.257. The van der Waals surface area contributed by atoms with Crippen LogP contribution in [0.5, 0.6) is 11.5 Å². The maximum absolute atomic E-state index is 6.26. The van der Waals surface area contributed by atoms with Gasteiger partial charge >= 0.3 is 0 Å². The number of benzene rings is 3. The standard InChI is InChI=1S/C22H29BrN2O.C16H22N2O/c1-3-4-5-6-22(17-7-10-20(23)11-8-17)25(2)26-21-12-9-19-16-24-14-13-18(19)15-21;1-3-4-5-6-11-18(2)19-16-8-7-15-13-17-10-9-14(15)12-16/h7-12,15,22,24H,3-6,13-14,16H2,1-2H3;7-10,12-13H,3-6,11H2,1-2H3. The van der Waals surface area contributed by atoms with Crippen molar-refractivity contribution in [2.24, 2.45) is 0 Å². The topological polar surface area (TPSA) is 49.9 Å². The molecule has 4 aromatic rings. The Balaban J connectivity index is 0.000000215. The van der Waals surface area contributed by atoms with Crippen molar-refractivity contribution in [3.05, 3.63) is 100 Å². The lowest BCUT2D eigenvalue weighted by atomic mass is 10.0. The molecule has 0 fully saturated rings. The van der Waals surface area contributed by atoms with E-state index in [4.69, 9.17) is 9.68 Å². The van der Waals surface area contributed by atoms with Crippen molar-refractivity contribution < 1.29 is 9.68 Å². The van der Waals surface area contributed by atoms with Crippen LogP contribution in [-0.4, -0.2) is 42.3 Å². The number of halogens is 1. The van der Waals surface area contributed by atoms with Crippen molar-refractivity contribution in [2.75, 3.05) is 27.2 Å². The quantitative estimate of drug-likeness (QED) is 0.100. The number of nitrogens with zero attached hydrogens (tertiary/aromatic N) is 3. The molecule has 0 aliphatic carbocycles. The predicted octanol–water partition coefficient (Wildman–Crippen LogP) is 9.68. The van der Waals surface area contributed by atoms with Gasteiger partial charge in [0.05, 0.1) is 6.04 Å². The first-order valence-corrected chi connectivity index (χ1v) is 17.5. The molecular weight excluding hydrogens is 624 g/mol. The third kappa shape index (κ3) is 11.4. The second kappa shape index (κ2) is 18.9. The Hall–Kier alpha value is -2.97. The number of unbranched alkanes of at least 4 members (excludes halogenated alkanes) is 5. The van der Waals surface area contributed by atoms with Crippen molar-refractivity contribution in [1.29, 1.82) is 0 Å². The molecule has 5 rings (SSSR count). The van der Waals surface area contributed by atoms with Gasteiger partial charge in [-0.1, -0.05) is 86.5 Å². The Morgan fingerprint density at radius 1 is 0.800 bits per heavy atom. The molecule has 6 nitrogen and oxygen atoms in total. The largest absolute Gasteiger partial charge is 0.406 e. The van der Waals surface area contributed by atoms with Crippen LogP contribution in [0.2, 0.25) is 0 Å². The number of fused-ring (bicyclic) bond motifs is 2. The molecule has 0 bridgehead atoms. The van der Waals surface area contributed by atoms with Gasteiger partial charge in [0.25, 0.3) is 0 Å². The molecule has 7 heteroatoms. The Morgan fingerprint density at radius 2 is 1.56 bits per heavy atom. The van der Waals surface area contributed by atoms with Crippen molar-refractivity contribution >= 4 is 26.7 Å². The van der Waals surface area contributed by atoms with Crippen LogP contribution in [-0.2, 0) is 13.0 Å². The highest BCUT2D eigenvalue weighted by Crippen LogP contribution is 2.29. The molecule has 0 spiro atoms. The summed E-state index contributed by atoms with van der Waals surface area (Å²) >= 11 is 3.53. The Bertz CT molecular complexity index is 1430. The van der Waals surface area contributed by atoms with E-state index in [1.54, 1.807) is 6.20 Å². The van der Waals surface area contributed by atoms with Gasteiger partial charge in [-0.25, -0.2) is 0 Å². The summed E-state index contributed by atoms with van der Waals surface area (Å²) in [6, 6.07) is 23.5. The van der Waals surface area contributed by atoms with Crippen LogP contribution >= 0.6 is 15.9 Å². The van der Waals surface area contributed by atoms with E-state index in [9.17, 15) is 0 Å². The number of rotatable bonds is 15. The average Bonchev–Trinajstić information content (AvgIpc) is 3.06. The number of hydrogen-bond acceptors (Lipinski definition) is 6. The summed E-state index contributed by atoms with van der Waals surface area (Å²) in [5, 5.41) is 9.66. The Morgan fingerprint density at radius 3 is 2.36 bits per heavy atom. The van der Waals surface area contributed by atoms with Crippen LogP contribution in [0.25, 0.3) is 10.8 Å². The molecule has 1 aromatic heterocycles. The maximum atomic E-state index is 6.26. The zero-order valence-corrected chi connectivity index (χ0v) is 29.2. The molecule has 45 heavy (non-hydrogen) atoms. The highest BCUT2D eigenvalue weighted by Gasteiger charge is 2.19. The summed E-state index contributed by atoms with van der Waals surface area (Å²) in [5.41, 5.74) is 4.09. The van der Waals surface area contributed by atoms with Crippen molar-refractivity contribution in [3.8, 4) is 11.5 Å². The van der Waals surface area contributed by atoms with E-state index in [1.165, 1.54) is 61.6 Å². The first kappa shape index (κ1) is 34.9. The molecule has 0 radical (unpaired) electrons. The van der Waals surface area contributed by atoms with Crippen molar-refractivity contribution in [1.82, 2.24) is 20.4 Å². The van der Waals surface area contributed by atoms with Gasteiger partial charge in [-0.3, -0.25) is 4.98 Å². The summed E-state index contributed by atoms with van der Waals surface area (Å²) < 4.78 is 1.11. The molecule has 242 valence electrons. The minimum Gasteiger partial charge on any atom is -0.406 e. The minimum atomic E-state index is 0.257. The summed E-state index contributed by atoms with van der Waals surface area (Å²) in [6.07, 6.45) is 14.6. The molecule has 1 N–H and O–H groups in total. The lowest BCUT2D eigenvalue weighted by molar-refractivity contribution is -0.0756. The van der Waals surface area contributed by atoms with Crippen LogP contribution in [0, 0.1) is 0 Å². The number of pyridine rings is 1. The maximum Gasteiger partial charge on any atom is 0.148 e. The fraction of sp³-hybridized carbons (Fsp3) is 0.447. The lowest BCUT2D eigenvalue weighted by Crippen LogP contribution is -2.28. The summed E-state index contributed by atoms with van der Waals surface area (Å²) in [4.78, 5) is 16.2. The van der Waals surface area contributed by atoms with Crippen molar-refractivity contribution in [2.45, 2.75) is 84.2 Å². The number of aromatic nitrogens is 1. The van der Waals surface area contributed by atoms with Crippen LogP contribution in [0.3, 0.4) is 0 Å². The summed E-state index contributed by atoms with van der Waals surface area (Å²) in [7, 11) is 4.04.